The highest BCUT2D eigenvalue weighted by molar-refractivity contribution is 7.89. The molecule has 1 heterocycles. The van der Waals surface area contributed by atoms with Crippen LogP contribution in [0.15, 0.2) is 23.1 Å². The van der Waals surface area contributed by atoms with Crippen molar-refractivity contribution >= 4 is 21.6 Å². The van der Waals surface area contributed by atoms with Gasteiger partial charge in [0.2, 0.25) is 15.9 Å². The fraction of sp³-hybridized carbons (Fsp3) is 0.682. The Bertz CT molecular complexity index is 883. The summed E-state index contributed by atoms with van der Waals surface area (Å²) < 4.78 is 26.1. The van der Waals surface area contributed by atoms with Crippen LogP contribution in [-0.2, 0) is 21.2 Å². The molecule has 1 amide bonds. The first-order valence-electron chi connectivity index (χ1n) is 10.9. The van der Waals surface area contributed by atoms with Crippen molar-refractivity contribution in [1.29, 1.82) is 0 Å². The minimum Gasteiger partial charge on any atom is -0.311 e. The van der Waals surface area contributed by atoms with Gasteiger partial charge in [0.1, 0.15) is 0 Å². The van der Waals surface area contributed by atoms with E-state index in [0.29, 0.717) is 29.9 Å². The minimum atomic E-state index is -3.47. The molecule has 29 heavy (non-hydrogen) atoms. The highest BCUT2D eigenvalue weighted by Crippen LogP contribution is 2.49. The summed E-state index contributed by atoms with van der Waals surface area (Å²) in [4.78, 5) is 15.1. The zero-order valence-corrected chi connectivity index (χ0v) is 18.5. The molecule has 7 heteroatoms. The summed E-state index contributed by atoms with van der Waals surface area (Å²) in [6.07, 6.45) is 7.08. The molecule has 1 N–H and O–H groups in total. The van der Waals surface area contributed by atoms with Gasteiger partial charge in [-0.25, -0.2) is 12.7 Å². The maximum Gasteiger partial charge on any atom is 0.242 e. The van der Waals surface area contributed by atoms with E-state index in [1.807, 2.05) is 4.90 Å². The monoisotopic (exact) mass is 419 g/mol. The average molecular weight is 420 g/mol. The Balaban J connectivity index is 1.43. The first-order chi connectivity index (χ1) is 13.8. The van der Waals surface area contributed by atoms with E-state index in [4.69, 9.17) is 0 Å². The topological polar surface area (TPSA) is 69.7 Å². The molecule has 0 aromatic heterocycles. The first kappa shape index (κ1) is 20.8. The lowest BCUT2D eigenvalue weighted by molar-refractivity contribution is -0.118. The number of anilines is 1. The number of sulfonamides is 1. The second kappa shape index (κ2) is 8.00. The number of aryl methyl sites for hydroxylation is 1. The Morgan fingerprint density at radius 3 is 2.72 bits per heavy atom. The fourth-order valence-corrected chi connectivity index (χ4v) is 6.56. The molecule has 4 atom stereocenters. The molecule has 6 nitrogen and oxygen atoms in total. The molecule has 0 radical (unpaired) electrons. The van der Waals surface area contributed by atoms with E-state index >= 15 is 0 Å². The lowest BCUT2D eigenvalue weighted by Gasteiger charge is -2.32. The van der Waals surface area contributed by atoms with Crippen LogP contribution in [0.4, 0.5) is 5.69 Å². The van der Waals surface area contributed by atoms with E-state index in [9.17, 15) is 13.2 Å². The zero-order chi connectivity index (χ0) is 20.8. The number of amides is 1. The summed E-state index contributed by atoms with van der Waals surface area (Å²) in [7, 11) is -0.395. The van der Waals surface area contributed by atoms with Crippen molar-refractivity contribution in [2.75, 3.05) is 32.1 Å². The average Bonchev–Trinajstić information content (AvgIpc) is 3.34. The SMILES string of the molecule is C[C@@H](NCC(=O)N1CCCc2cc(S(=O)(=O)N(C)C)ccc21)[C@H]1C[C@H]2CC[C@H]1C2. The molecule has 1 aliphatic heterocycles. The van der Waals surface area contributed by atoms with Crippen molar-refractivity contribution in [1.82, 2.24) is 9.62 Å². The molecule has 2 fully saturated rings. The largest absolute Gasteiger partial charge is 0.311 e. The Morgan fingerprint density at radius 2 is 2.07 bits per heavy atom. The number of hydrogen-bond donors (Lipinski definition) is 1. The summed E-state index contributed by atoms with van der Waals surface area (Å²) in [5.41, 5.74) is 1.79. The molecule has 1 aromatic carbocycles. The molecule has 4 rings (SSSR count). The molecule has 2 aliphatic carbocycles. The number of benzene rings is 1. The number of fused-ring (bicyclic) bond motifs is 3. The van der Waals surface area contributed by atoms with Gasteiger partial charge in [-0.15, -0.1) is 0 Å². The van der Waals surface area contributed by atoms with Gasteiger partial charge in [-0.05, 0) is 80.5 Å². The van der Waals surface area contributed by atoms with Crippen molar-refractivity contribution < 1.29 is 13.2 Å². The quantitative estimate of drug-likeness (QED) is 0.770. The van der Waals surface area contributed by atoms with Crippen LogP contribution in [0.5, 0.6) is 0 Å². The normalized spacial score (nSPS) is 27.3. The molecule has 0 spiro atoms. The molecule has 160 valence electrons. The molecule has 0 unspecified atom stereocenters. The summed E-state index contributed by atoms with van der Waals surface area (Å²) in [6.45, 7) is 3.25. The molecule has 2 saturated carbocycles. The van der Waals surface area contributed by atoms with E-state index in [2.05, 4.69) is 12.2 Å². The Labute approximate surface area is 174 Å². The number of carbonyl (C=O) groups is 1. The van der Waals surface area contributed by atoms with Gasteiger partial charge in [-0.3, -0.25) is 4.79 Å². The van der Waals surface area contributed by atoms with Gasteiger partial charge in [0.15, 0.2) is 0 Å². The minimum absolute atomic E-state index is 0.0733. The summed E-state index contributed by atoms with van der Waals surface area (Å²) >= 11 is 0. The molecule has 1 aromatic rings. The van der Waals surface area contributed by atoms with Gasteiger partial charge in [-0.1, -0.05) is 6.42 Å². The molecule has 0 saturated heterocycles. The number of rotatable bonds is 6. The molecular formula is C22H33N3O3S. The fourth-order valence-electron chi connectivity index (χ4n) is 5.61. The lowest BCUT2D eigenvalue weighted by Crippen LogP contribution is -2.45. The van der Waals surface area contributed by atoms with Crippen molar-refractivity contribution in [2.24, 2.45) is 17.8 Å². The first-order valence-corrected chi connectivity index (χ1v) is 12.3. The number of nitrogens with zero attached hydrogens (tertiary/aromatic N) is 2. The summed E-state index contributed by atoms with van der Waals surface area (Å²) in [5, 5.41) is 3.49. The summed E-state index contributed by atoms with van der Waals surface area (Å²) in [5.74, 6) is 2.52. The number of carbonyl (C=O) groups excluding carboxylic acids is 1. The second-order valence-corrected chi connectivity index (χ2v) is 11.4. The van der Waals surface area contributed by atoms with Crippen LogP contribution in [0, 0.1) is 17.8 Å². The maximum atomic E-state index is 13.0. The Hall–Kier alpha value is -1.44. The Kier molecular flexibility index (Phi) is 5.75. The highest BCUT2D eigenvalue weighted by Gasteiger charge is 2.41. The van der Waals surface area contributed by atoms with Crippen molar-refractivity contribution in [2.45, 2.75) is 56.4 Å². The smallest absolute Gasteiger partial charge is 0.242 e. The third-order valence-corrected chi connectivity index (χ3v) is 9.07. The predicted molar refractivity (Wildman–Crippen MR) is 114 cm³/mol. The third-order valence-electron chi connectivity index (χ3n) is 7.26. The highest BCUT2D eigenvalue weighted by atomic mass is 32.2. The van der Waals surface area contributed by atoms with E-state index in [1.54, 1.807) is 18.2 Å². The third kappa shape index (κ3) is 3.97. The number of hydrogen-bond acceptors (Lipinski definition) is 4. The van der Waals surface area contributed by atoms with Crippen LogP contribution < -0.4 is 10.2 Å². The van der Waals surface area contributed by atoms with Crippen molar-refractivity contribution in [3.05, 3.63) is 23.8 Å². The van der Waals surface area contributed by atoms with E-state index in [-0.39, 0.29) is 5.91 Å². The molecular weight excluding hydrogens is 386 g/mol. The molecule has 2 bridgehead atoms. The second-order valence-electron chi connectivity index (χ2n) is 9.24. The van der Waals surface area contributed by atoms with Gasteiger partial charge >= 0.3 is 0 Å². The van der Waals surface area contributed by atoms with Crippen LogP contribution in [0.1, 0.15) is 44.6 Å². The van der Waals surface area contributed by atoms with Crippen LogP contribution in [0.25, 0.3) is 0 Å². The molecule has 3 aliphatic rings. The Morgan fingerprint density at radius 1 is 1.28 bits per heavy atom. The van der Waals surface area contributed by atoms with Gasteiger partial charge in [0.05, 0.1) is 11.4 Å². The van der Waals surface area contributed by atoms with E-state index < -0.39 is 10.0 Å². The van der Waals surface area contributed by atoms with Crippen molar-refractivity contribution in [3.8, 4) is 0 Å². The lowest BCUT2D eigenvalue weighted by atomic mass is 9.84. The van der Waals surface area contributed by atoms with Gasteiger partial charge in [0.25, 0.3) is 0 Å². The van der Waals surface area contributed by atoms with Crippen LogP contribution in [0.3, 0.4) is 0 Å². The van der Waals surface area contributed by atoms with Gasteiger partial charge < -0.3 is 10.2 Å². The van der Waals surface area contributed by atoms with Crippen molar-refractivity contribution in [3.63, 3.8) is 0 Å². The van der Waals surface area contributed by atoms with Crippen LogP contribution in [-0.4, -0.2) is 51.9 Å². The maximum absolute atomic E-state index is 13.0. The zero-order valence-electron chi connectivity index (χ0n) is 17.7. The summed E-state index contributed by atoms with van der Waals surface area (Å²) in [6, 6.07) is 5.51. The van der Waals surface area contributed by atoms with E-state index in [1.165, 1.54) is 44.1 Å². The number of nitrogens with one attached hydrogen (secondary N) is 1. The van der Waals surface area contributed by atoms with Gasteiger partial charge in [0, 0.05) is 32.4 Å². The van der Waals surface area contributed by atoms with E-state index in [0.717, 1.165) is 35.9 Å². The predicted octanol–water partition coefficient (Wildman–Crippen LogP) is 2.63. The van der Waals surface area contributed by atoms with Crippen LogP contribution >= 0.6 is 0 Å². The van der Waals surface area contributed by atoms with Gasteiger partial charge in [-0.2, -0.15) is 0 Å². The standard InChI is InChI=1S/C22H33N3O3S/c1-15(20-12-16-6-7-17(20)11-16)23-14-22(26)25-10-4-5-18-13-19(8-9-21(18)25)29(27,28)24(2)3/h8-9,13,15-17,20,23H,4-7,10-12,14H2,1-3H3/t15-,16+,17+,20-/m1/s1. The van der Waals surface area contributed by atoms with Crippen LogP contribution in [0.2, 0.25) is 0 Å².